The second-order valence-corrected chi connectivity index (χ2v) is 6.86. The molecule has 31 heavy (non-hydrogen) atoms. The number of nitrogens with one attached hydrogen (secondary N) is 1. The first-order valence-corrected chi connectivity index (χ1v) is 10.6. The number of rotatable bonds is 5. The Labute approximate surface area is 187 Å². The minimum absolute atomic E-state index is 0.102. The van der Waals surface area contributed by atoms with E-state index in [0.29, 0.717) is 5.92 Å². The van der Waals surface area contributed by atoms with Crippen LogP contribution in [0.25, 0.3) is 11.1 Å². The maximum absolute atomic E-state index is 11.2. The van der Waals surface area contributed by atoms with Crippen molar-refractivity contribution >= 4 is 17.5 Å². The van der Waals surface area contributed by atoms with E-state index in [2.05, 4.69) is 43.4 Å². The number of amides is 1. The van der Waals surface area contributed by atoms with E-state index in [4.69, 9.17) is 5.11 Å². The lowest BCUT2D eigenvalue weighted by Crippen LogP contribution is -2.29. The van der Waals surface area contributed by atoms with Gasteiger partial charge in [-0.1, -0.05) is 76.2 Å². The maximum Gasteiger partial charge on any atom is 0.230 e. The number of carbonyl (C=O) groups excluding carboxylic acids is 3. The van der Waals surface area contributed by atoms with Crippen molar-refractivity contribution in [2.45, 2.75) is 54.4 Å². The lowest BCUT2D eigenvalue weighted by Gasteiger charge is -2.07. The van der Waals surface area contributed by atoms with Crippen LogP contribution >= 0.6 is 0 Å². The highest BCUT2D eigenvalue weighted by Crippen LogP contribution is 2.23. The molecule has 5 nitrogen and oxygen atoms in total. The zero-order chi connectivity index (χ0) is 24.6. The zero-order valence-electron chi connectivity index (χ0n) is 20.4. The number of aliphatic hydroxyl groups excluding tert-OH is 1. The van der Waals surface area contributed by atoms with Gasteiger partial charge in [-0.25, -0.2) is 0 Å². The average molecular weight is 430 g/mol. The van der Waals surface area contributed by atoms with Crippen LogP contribution in [0.5, 0.6) is 0 Å². The summed E-state index contributed by atoms with van der Waals surface area (Å²) >= 11 is 0. The number of benzene rings is 2. The standard InChI is InChI=1S/C17H18O.C6H11NO2.C2H6.CH4O/c1-12(2)14-4-8-16(9-5-14)17-10-6-15(7-11-17)13(3)18;1-4(5(2)8)6(9)7-3;2*1-2/h4-12H,1-3H3;4H,1-3H3,(H,7,9);1-2H3;2H,1H3. The molecule has 172 valence electrons. The molecule has 5 heteroatoms. The molecule has 0 heterocycles. The first-order chi connectivity index (χ1) is 14.7. The van der Waals surface area contributed by atoms with E-state index in [-0.39, 0.29) is 17.5 Å². The van der Waals surface area contributed by atoms with Gasteiger partial charge in [0.05, 0.1) is 5.92 Å². The second-order valence-electron chi connectivity index (χ2n) is 6.86. The summed E-state index contributed by atoms with van der Waals surface area (Å²) in [5.74, 6) is -0.164. The van der Waals surface area contributed by atoms with Gasteiger partial charge in [0.1, 0.15) is 5.78 Å². The van der Waals surface area contributed by atoms with Gasteiger partial charge in [0.15, 0.2) is 5.78 Å². The molecule has 0 aromatic heterocycles. The van der Waals surface area contributed by atoms with E-state index in [1.165, 1.54) is 25.1 Å². The molecule has 0 aliphatic rings. The third-order valence-corrected chi connectivity index (χ3v) is 4.45. The first kappa shape index (κ1) is 30.4. The zero-order valence-corrected chi connectivity index (χ0v) is 20.4. The normalized spacial score (nSPS) is 10.2. The number of hydrogen-bond acceptors (Lipinski definition) is 4. The summed E-state index contributed by atoms with van der Waals surface area (Å²) < 4.78 is 0. The molecule has 0 saturated carbocycles. The van der Waals surface area contributed by atoms with E-state index < -0.39 is 5.92 Å². The predicted molar refractivity (Wildman–Crippen MR) is 129 cm³/mol. The summed E-state index contributed by atoms with van der Waals surface area (Å²) in [5, 5.41) is 9.39. The van der Waals surface area contributed by atoms with Crippen molar-refractivity contribution < 1.29 is 19.5 Å². The van der Waals surface area contributed by atoms with Gasteiger partial charge >= 0.3 is 0 Å². The number of carbonyl (C=O) groups is 3. The first-order valence-electron chi connectivity index (χ1n) is 10.6. The molecule has 1 atom stereocenters. The fourth-order valence-electron chi connectivity index (χ4n) is 2.36. The lowest BCUT2D eigenvalue weighted by atomic mass is 9.98. The van der Waals surface area contributed by atoms with Crippen molar-refractivity contribution in [1.29, 1.82) is 0 Å². The van der Waals surface area contributed by atoms with Crippen molar-refractivity contribution in [2.75, 3.05) is 14.2 Å². The SMILES string of the molecule is CC.CC(=O)c1ccc(-c2ccc(C(C)C)cc2)cc1.CNC(=O)C(C)C(C)=O.CO. The molecule has 2 N–H and O–H groups in total. The smallest absolute Gasteiger partial charge is 0.230 e. The molecule has 2 rings (SSSR count). The molecular weight excluding hydrogens is 390 g/mol. The molecule has 2 aromatic carbocycles. The molecule has 0 spiro atoms. The molecule has 0 aliphatic carbocycles. The summed E-state index contributed by atoms with van der Waals surface area (Å²) in [5.41, 5.74) is 4.45. The third kappa shape index (κ3) is 11.2. The molecule has 0 bridgehead atoms. The van der Waals surface area contributed by atoms with E-state index >= 15 is 0 Å². The summed E-state index contributed by atoms with van der Waals surface area (Å²) in [6.07, 6.45) is 0. The van der Waals surface area contributed by atoms with E-state index in [9.17, 15) is 14.4 Å². The lowest BCUT2D eigenvalue weighted by molar-refractivity contribution is -0.131. The Bertz CT molecular complexity index is 778. The number of aliphatic hydroxyl groups is 1. The fourth-order valence-corrected chi connectivity index (χ4v) is 2.36. The second kappa shape index (κ2) is 16.9. The largest absolute Gasteiger partial charge is 0.400 e. The molecule has 0 fully saturated rings. The quantitative estimate of drug-likeness (QED) is 0.501. The molecular formula is C26H39NO4. The van der Waals surface area contributed by atoms with Crippen LogP contribution in [0.1, 0.15) is 70.3 Å². The Morgan fingerprint density at radius 1 is 0.774 bits per heavy atom. The molecule has 1 amide bonds. The Morgan fingerprint density at radius 3 is 1.42 bits per heavy atom. The van der Waals surface area contributed by atoms with Crippen LogP contribution < -0.4 is 5.32 Å². The minimum atomic E-state index is -0.505. The van der Waals surface area contributed by atoms with Gasteiger partial charge in [0.2, 0.25) is 5.91 Å². The van der Waals surface area contributed by atoms with Crippen LogP contribution in [-0.2, 0) is 9.59 Å². The highest BCUT2D eigenvalue weighted by Gasteiger charge is 2.14. The van der Waals surface area contributed by atoms with Crippen LogP contribution in [0.3, 0.4) is 0 Å². The summed E-state index contributed by atoms with van der Waals surface area (Å²) in [6, 6.07) is 16.4. The average Bonchev–Trinajstić information content (AvgIpc) is 2.81. The number of Topliss-reactive ketones (excluding diaryl/α,β-unsaturated/α-hetero) is 2. The Hall–Kier alpha value is -2.79. The van der Waals surface area contributed by atoms with Crippen molar-refractivity contribution in [2.24, 2.45) is 5.92 Å². The van der Waals surface area contributed by atoms with Gasteiger partial charge in [-0.3, -0.25) is 14.4 Å². The van der Waals surface area contributed by atoms with Gasteiger partial charge in [0.25, 0.3) is 0 Å². The number of ketones is 2. The molecule has 0 radical (unpaired) electrons. The van der Waals surface area contributed by atoms with E-state index in [1.54, 1.807) is 13.8 Å². The van der Waals surface area contributed by atoms with Crippen LogP contribution in [0.4, 0.5) is 0 Å². The van der Waals surface area contributed by atoms with Crippen molar-refractivity contribution in [3.8, 4) is 11.1 Å². The van der Waals surface area contributed by atoms with Gasteiger partial charge in [-0.05, 0) is 43.4 Å². The van der Waals surface area contributed by atoms with Gasteiger partial charge in [0, 0.05) is 19.7 Å². The molecule has 0 saturated heterocycles. The highest BCUT2D eigenvalue weighted by atomic mass is 16.2. The topological polar surface area (TPSA) is 83.5 Å². The van der Waals surface area contributed by atoms with Crippen molar-refractivity contribution in [1.82, 2.24) is 5.32 Å². The van der Waals surface area contributed by atoms with Crippen LogP contribution in [0, 0.1) is 5.92 Å². The predicted octanol–water partition coefficient (Wildman–Crippen LogP) is 5.27. The fraction of sp³-hybridized carbons (Fsp3) is 0.423. The highest BCUT2D eigenvalue weighted by molar-refractivity contribution is 5.99. The third-order valence-electron chi connectivity index (χ3n) is 4.45. The van der Waals surface area contributed by atoms with E-state index in [1.807, 2.05) is 38.1 Å². The van der Waals surface area contributed by atoms with Crippen molar-refractivity contribution in [3.05, 3.63) is 59.7 Å². The van der Waals surface area contributed by atoms with Gasteiger partial charge in [-0.15, -0.1) is 0 Å². The van der Waals surface area contributed by atoms with E-state index in [0.717, 1.165) is 18.2 Å². The van der Waals surface area contributed by atoms with Gasteiger partial charge in [-0.2, -0.15) is 0 Å². The van der Waals surface area contributed by atoms with Crippen LogP contribution in [0.15, 0.2) is 48.5 Å². The Balaban J connectivity index is 0. The maximum atomic E-state index is 11.2. The molecule has 1 unspecified atom stereocenters. The van der Waals surface area contributed by atoms with Gasteiger partial charge < -0.3 is 10.4 Å². The minimum Gasteiger partial charge on any atom is -0.400 e. The Kier molecular flexibility index (Phi) is 16.6. The van der Waals surface area contributed by atoms with Crippen LogP contribution in [0.2, 0.25) is 0 Å². The van der Waals surface area contributed by atoms with Crippen LogP contribution in [-0.4, -0.2) is 36.7 Å². The molecule has 0 aliphatic heterocycles. The summed E-state index contributed by atoms with van der Waals surface area (Å²) in [7, 11) is 2.52. The summed E-state index contributed by atoms with van der Waals surface area (Å²) in [4.78, 5) is 32.3. The summed E-state index contributed by atoms with van der Waals surface area (Å²) in [6.45, 7) is 13.0. The van der Waals surface area contributed by atoms with Crippen molar-refractivity contribution in [3.63, 3.8) is 0 Å². The number of hydrogen-bond donors (Lipinski definition) is 2. The molecule has 2 aromatic rings. The Morgan fingerprint density at radius 2 is 1.16 bits per heavy atom. The monoisotopic (exact) mass is 429 g/mol.